The predicted octanol–water partition coefficient (Wildman–Crippen LogP) is 6.22. The van der Waals surface area contributed by atoms with Crippen molar-refractivity contribution in [2.45, 2.75) is 65.1 Å². The van der Waals surface area contributed by atoms with Crippen LogP contribution in [0, 0.1) is 11.6 Å². The van der Waals surface area contributed by atoms with Crippen molar-refractivity contribution in [3.8, 4) is 22.8 Å². The van der Waals surface area contributed by atoms with Crippen LogP contribution < -0.4 is 21.7 Å². The molecule has 0 unspecified atom stereocenters. The average molecular weight is 899 g/mol. The first-order chi connectivity index (χ1) is 29.6. The van der Waals surface area contributed by atoms with Crippen molar-refractivity contribution in [1.29, 1.82) is 0 Å². The maximum absolute atomic E-state index is 13.7. The Morgan fingerprint density at radius 1 is 0.719 bits per heavy atom. The Kier molecular flexibility index (Phi) is 12.8. The van der Waals surface area contributed by atoms with Crippen LogP contribution in [-0.4, -0.2) is 97.1 Å². The lowest BCUT2D eigenvalue weighted by atomic mass is 10.1. The average Bonchev–Trinajstić information content (AvgIpc) is 3.99. The van der Waals surface area contributed by atoms with Gasteiger partial charge in [0.15, 0.2) is 11.3 Å². The molecule has 0 aliphatic heterocycles. The number of nitrogens with one attached hydrogen (secondary N) is 5. The molecule has 0 fully saturated rings. The number of amides is 3. The van der Waals surface area contributed by atoms with Crippen LogP contribution in [0.25, 0.3) is 66.9 Å². The molecule has 7 N–H and O–H groups in total. The Hall–Kier alpha value is -7.06. The number of H-pyrrole nitrogens is 2. The van der Waals surface area contributed by atoms with Crippen LogP contribution in [0.3, 0.4) is 0 Å². The van der Waals surface area contributed by atoms with Crippen molar-refractivity contribution in [3.63, 3.8) is 0 Å². The molecule has 6 heterocycles. The lowest BCUT2D eigenvalue weighted by Gasteiger charge is -2.27. The summed E-state index contributed by atoms with van der Waals surface area (Å²) in [5, 5.41) is 18.9. The molecule has 0 saturated carbocycles. The Balaban J connectivity index is 0.000000214. The second-order valence-corrected chi connectivity index (χ2v) is 17.3. The van der Waals surface area contributed by atoms with E-state index in [1.54, 1.807) is 88.8 Å². The van der Waals surface area contributed by atoms with Crippen LogP contribution in [-0.2, 0) is 18.8 Å². The second-order valence-electron chi connectivity index (χ2n) is 17.3. The molecule has 21 heteroatoms. The normalized spacial score (nSPS) is 11.9. The summed E-state index contributed by atoms with van der Waals surface area (Å²) in [5.74, 6) is -1.37. The van der Waals surface area contributed by atoms with E-state index in [1.165, 1.54) is 30.5 Å². The number of aromatic nitrogens is 10. The van der Waals surface area contributed by atoms with E-state index >= 15 is 0 Å². The molecular formula is C43H49ClF2N14O4. The minimum atomic E-state index is -0.774. The maximum Gasteiger partial charge on any atom is 0.407 e. The number of aromatic amines is 2. The zero-order chi connectivity index (χ0) is 45.6. The standard InChI is InChI=1S/C24H28FN7O3.C19H20FN7O.ClH/c1-23(2,3)35-22(34)28-12-24(4,5)30-21(33)15-10-26-20-19(15)29-16(11-27-20)18-14-8-7-13(25)9-17(14)32(6)31-18;1-19(2,9-21)25-18(28)12-7-22-17-16(12)24-13(8-23-17)15-11-5-4-10(20)6-14(11)27(3)26-15;/h7-11H,12H2,1-6H3,(H,26,27)(H,28,34)(H,30,33);4-8H,9,21H2,1-3H3,(H,22,23)(H,25,28);1H. The highest BCUT2D eigenvalue weighted by atomic mass is 35.5. The minimum absolute atomic E-state index is 0. The van der Waals surface area contributed by atoms with E-state index in [-0.39, 0.29) is 42.4 Å². The molecule has 6 aromatic heterocycles. The van der Waals surface area contributed by atoms with Crippen molar-refractivity contribution >= 4 is 74.4 Å². The first kappa shape index (κ1) is 46.4. The van der Waals surface area contributed by atoms with Crippen molar-refractivity contribution in [2.24, 2.45) is 19.8 Å². The molecule has 0 saturated heterocycles. The molecule has 2 aromatic carbocycles. The van der Waals surface area contributed by atoms with Crippen molar-refractivity contribution in [2.75, 3.05) is 13.1 Å². The van der Waals surface area contributed by atoms with E-state index < -0.39 is 22.8 Å². The highest BCUT2D eigenvalue weighted by Crippen LogP contribution is 2.30. The molecule has 0 bridgehead atoms. The molecule has 8 aromatic rings. The first-order valence-corrected chi connectivity index (χ1v) is 19.9. The molecule has 0 radical (unpaired) electrons. The van der Waals surface area contributed by atoms with E-state index in [2.05, 4.69) is 56.1 Å². The smallest absolute Gasteiger partial charge is 0.407 e. The Morgan fingerprint density at radius 2 is 1.16 bits per heavy atom. The molecular weight excluding hydrogens is 850 g/mol. The summed E-state index contributed by atoms with van der Waals surface area (Å²) in [5.41, 5.74) is 9.48. The number of fused-ring (bicyclic) bond motifs is 4. The zero-order valence-corrected chi connectivity index (χ0v) is 37.5. The number of carbonyl (C=O) groups is 3. The van der Waals surface area contributed by atoms with E-state index in [1.807, 2.05) is 13.8 Å². The summed E-state index contributed by atoms with van der Waals surface area (Å²) >= 11 is 0. The van der Waals surface area contributed by atoms with Gasteiger partial charge in [-0.05, 0) is 84.9 Å². The highest BCUT2D eigenvalue weighted by Gasteiger charge is 2.27. The lowest BCUT2D eigenvalue weighted by molar-refractivity contribution is 0.0509. The monoisotopic (exact) mass is 898 g/mol. The third-order valence-corrected chi connectivity index (χ3v) is 9.85. The van der Waals surface area contributed by atoms with Gasteiger partial charge in [-0.25, -0.2) is 33.5 Å². The molecule has 64 heavy (non-hydrogen) atoms. The fourth-order valence-corrected chi connectivity index (χ4v) is 6.65. The van der Waals surface area contributed by atoms with Gasteiger partial charge in [-0.3, -0.25) is 19.0 Å². The molecule has 0 atom stereocenters. The summed E-state index contributed by atoms with van der Waals surface area (Å²) < 4.78 is 35.7. The Morgan fingerprint density at radius 3 is 1.58 bits per heavy atom. The van der Waals surface area contributed by atoms with Gasteiger partial charge in [0, 0.05) is 55.9 Å². The number of nitrogens with two attached hydrogens (primary N) is 1. The predicted molar refractivity (Wildman–Crippen MR) is 241 cm³/mol. The molecule has 8 rings (SSSR count). The van der Waals surface area contributed by atoms with Gasteiger partial charge in [-0.1, -0.05) is 0 Å². The van der Waals surface area contributed by atoms with Gasteiger partial charge in [0.1, 0.15) is 51.0 Å². The summed E-state index contributed by atoms with van der Waals surface area (Å²) in [6, 6.07) is 8.87. The Labute approximate surface area is 371 Å². The SMILES string of the molecule is Cl.Cn1nc(-c2cnc3[nH]cc(C(=O)NC(C)(C)CN)c3n2)c2ccc(F)cc21.Cn1nc(-c2cnc3[nH]cc(C(=O)NC(C)(C)CNC(=O)OC(C)(C)C)c3n2)c2ccc(F)cc21. The lowest BCUT2D eigenvalue weighted by Crippen LogP contribution is -2.52. The summed E-state index contributed by atoms with van der Waals surface area (Å²) in [6.45, 7) is 13.0. The van der Waals surface area contributed by atoms with Gasteiger partial charge in [-0.2, -0.15) is 10.2 Å². The largest absolute Gasteiger partial charge is 0.444 e. The molecule has 336 valence electrons. The van der Waals surface area contributed by atoms with Crippen LogP contribution in [0.5, 0.6) is 0 Å². The zero-order valence-electron chi connectivity index (χ0n) is 36.6. The molecule has 0 aliphatic carbocycles. The van der Waals surface area contributed by atoms with Crippen molar-refractivity contribution in [1.82, 2.24) is 65.4 Å². The number of carbonyl (C=O) groups excluding carboxylic acids is 3. The van der Waals surface area contributed by atoms with Gasteiger partial charge < -0.3 is 36.4 Å². The molecule has 0 aliphatic rings. The Bertz CT molecular complexity index is 3060. The van der Waals surface area contributed by atoms with Crippen molar-refractivity contribution in [3.05, 3.63) is 83.9 Å². The summed E-state index contributed by atoms with van der Waals surface area (Å²) in [4.78, 5) is 61.7. The molecule has 0 spiro atoms. The number of hydrogen-bond acceptors (Lipinski definition) is 11. The third kappa shape index (κ3) is 9.92. The fourth-order valence-electron chi connectivity index (χ4n) is 6.65. The number of nitrogens with zero attached hydrogens (tertiary/aromatic N) is 8. The quantitative estimate of drug-likeness (QED) is 0.0950. The van der Waals surface area contributed by atoms with E-state index in [0.717, 1.165) is 10.8 Å². The van der Waals surface area contributed by atoms with Crippen molar-refractivity contribution < 1.29 is 27.9 Å². The summed E-state index contributed by atoms with van der Waals surface area (Å²) in [6.07, 6.45) is 5.68. The number of aryl methyl sites for hydroxylation is 2. The van der Waals surface area contributed by atoms with Gasteiger partial charge in [0.25, 0.3) is 11.8 Å². The number of alkyl carbamates (subject to hydrolysis) is 1. The number of halogens is 3. The van der Waals surface area contributed by atoms with Crippen LogP contribution in [0.4, 0.5) is 13.6 Å². The minimum Gasteiger partial charge on any atom is -0.444 e. The fraction of sp³-hybridized carbons (Fsp3) is 0.326. The van der Waals surface area contributed by atoms with Crippen LogP contribution in [0.15, 0.2) is 61.2 Å². The summed E-state index contributed by atoms with van der Waals surface area (Å²) in [7, 11) is 3.46. The third-order valence-electron chi connectivity index (χ3n) is 9.85. The number of ether oxygens (including phenoxy) is 1. The maximum atomic E-state index is 13.7. The van der Waals surface area contributed by atoms with Gasteiger partial charge in [0.05, 0.1) is 40.1 Å². The van der Waals surface area contributed by atoms with E-state index in [0.29, 0.717) is 73.8 Å². The van der Waals surface area contributed by atoms with Crippen LogP contribution >= 0.6 is 12.4 Å². The van der Waals surface area contributed by atoms with Gasteiger partial charge >= 0.3 is 6.09 Å². The van der Waals surface area contributed by atoms with E-state index in [9.17, 15) is 23.2 Å². The van der Waals surface area contributed by atoms with Gasteiger partial charge in [-0.15, -0.1) is 12.4 Å². The van der Waals surface area contributed by atoms with Crippen LogP contribution in [0.1, 0.15) is 69.2 Å². The van der Waals surface area contributed by atoms with E-state index in [4.69, 9.17) is 10.5 Å². The highest BCUT2D eigenvalue weighted by molar-refractivity contribution is 6.06. The number of hydrogen-bond donors (Lipinski definition) is 6. The molecule has 3 amide bonds. The topological polar surface area (TPSA) is 241 Å². The number of rotatable bonds is 9. The number of benzene rings is 2. The van der Waals surface area contributed by atoms with Gasteiger partial charge in [0.2, 0.25) is 0 Å². The second kappa shape index (κ2) is 17.6. The first-order valence-electron chi connectivity index (χ1n) is 19.9. The van der Waals surface area contributed by atoms with Crippen LogP contribution in [0.2, 0.25) is 0 Å². The molecule has 18 nitrogen and oxygen atoms in total.